The number of Topliss-reactive ketones (excluding diaryl/α,β-unsaturated/α-hetero) is 1. The molecule has 2 aromatic carbocycles. The van der Waals surface area contributed by atoms with E-state index in [4.69, 9.17) is 5.73 Å². The summed E-state index contributed by atoms with van der Waals surface area (Å²) >= 11 is 0. The molecule has 0 radical (unpaired) electrons. The molecular formula is C29H36N4O4. The average Bonchev–Trinajstić information content (AvgIpc) is 3.48. The van der Waals surface area contributed by atoms with E-state index in [9.17, 15) is 19.2 Å². The molecule has 4 atom stereocenters. The van der Waals surface area contributed by atoms with Crippen molar-refractivity contribution in [2.45, 2.75) is 64.2 Å². The molecule has 2 saturated heterocycles. The van der Waals surface area contributed by atoms with Crippen LogP contribution in [0.2, 0.25) is 0 Å². The van der Waals surface area contributed by atoms with Gasteiger partial charge in [0.2, 0.25) is 11.8 Å². The van der Waals surface area contributed by atoms with Gasteiger partial charge in [0.1, 0.15) is 12.1 Å². The van der Waals surface area contributed by atoms with Gasteiger partial charge in [0.15, 0.2) is 5.78 Å². The molecule has 2 fully saturated rings. The Labute approximate surface area is 218 Å². The normalized spacial score (nSPS) is 20.6. The Morgan fingerprint density at radius 1 is 1.00 bits per heavy atom. The highest BCUT2D eigenvalue weighted by Gasteiger charge is 2.52. The Morgan fingerprint density at radius 3 is 2.41 bits per heavy atom. The first-order chi connectivity index (χ1) is 17.7. The number of carbonyl (C=O) groups is 4. The first-order valence-electron chi connectivity index (χ1n) is 13.0. The van der Waals surface area contributed by atoms with Crippen molar-refractivity contribution in [2.24, 2.45) is 11.7 Å². The van der Waals surface area contributed by atoms with Gasteiger partial charge < -0.3 is 20.9 Å². The highest BCUT2D eigenvalue weighted by molar-refractivity contribution is 6.01. The summed E-state index contributed by atoms with van der Waals surface area (Å²) < 4.78 is 0. The maximum Gasteiger partial charge on any atom is 0.251 e. The summed E-state index contributed by atoms with van der Waals surface area (Å²) in [5.74, 6) is -1.09. The molecule has 2 heterocycles. The summed E-state index contributed by atoms with van der Waals surface area (Å²) in [7, 11) is 0. The lowest BCUT2D eigenvalue weighted by Gasteiger charge is -2.29. The summed E-state index contributed by atoms with van der Waals surface area (Å²) in [6.45, 7) is 6.51. The minimum absolute atomic E-state index is 0.00219. The van der Waals surface area contributed by atoms with Crippen LogP contribution in [0, 0.1) is 5.92 Å². The largest absolute Gasteiger partial charge is 0.340 e. The van der Waals surface area contributed by atoms with Crippen LogP contribution in [0.3, 0.4) is 0 Å². The SMILES string of the molecule is CC(C)C[C@H](NC(=O)c1cccc(CN)c1)C(=O)N1CCC2C1C(=O)CN2C(=O)[C@@H](C)c1ccccc1. The van der Waals surface area contributed by atoms with Crippen molar-refractivity contribution in [3.63, 3.8) is 0 Å². The Kier molecular flexibility index (Phi) is 8.07. The summed E-state index contributed by atoms with van der Waals surface area (Å²) in [4.78, 5) is 56.4. The molecule has 2 unspecified atom stereocenters. The number of hydrogen-bond acceptors (Lipinski definition) is 5. The molecule has 3 N–H and O–H groups in total. The van der Waals surface area contributed by atoms with E-state index in [1.807, 2.05) is 57.2 Å². The molecular weight excluding hydrogens is 468 g/mol. The highest BCUT2D eigenvalue weighted by Crippen LogP contribution is 2.33. The van der Waals surface area contributed by atoms with Crippen LogP contribution in [0.15, 0.2) is 54.6 Å². The number of likely N-dealkylation sites (tertiary alicyclic amines) is 2. The minimum Gasteiger partial charge on any atom is -0.340 e. The Hall–Kier alpha value is -3.52. The smallest absolute Gasteiger partial charge is 0.251 e. The zero-order chi connectivity index (χ0) is 26.7. The Bertz CT molecular complexity index is 1170. The molecule has 0 saturated carbocycles. The van der Waals surface area contributed by atoms with Crippen LogP contribution < -0.4 is 11.1 Å². The van der Waals surface area contributed by atoms with Crippen LogP contribution in [0.5, 0.6) is 0 Å². The fourth-order valence-electron chi connectivity index (χ4n) is 5.47. The van der Waals surface area contributed by atoms with Crippen molar-refractivity contribution in [1.82, 2.24) is 15.1 Å². The zero-order valence-corrected chi connectivity index (χ0v) is 21.7. The maximum atomic E-state index is 13.7. The zero-order valence-electron chi connectivity index (χ0n) is 21.7. The predicted molar refractivity (Wildman–Crippen MR) is 141 cm³/mol. The van der Waals surface area contributed by atoms with E-state index in [0.29, 0.717) is 31.5 Å². The van der Waals surface area contributed by atoms with E-state index in [0.717, 1.165) is 11.1 Å². The topological polar surface area (TPSA) is 113 Å². The lowest BCUT2D eigenvalue weighted by molar-refractivity contribution is -0.138. The molecule has 4 rings (SSSR count). The molecule has 2 aromatic rings. The molecule has 0 bridgehead atoms. The molecule has 0 aliphatic carbocycles. The number of carbonyl (C=O) groups excluding carboxylic acids is 4. The van der Waals surface area contributed by atoms with Gasteiger partial charge in [-0.2, -0.15) is 0 Å². The molecule has 3 amide bonds. The summed E-state index contributed by atoms with van der Waals surface area (Å²) in [5.41, 5.74) is 7.87. The molecule has 0 aromatic heterocycles. The monoisotopic (exact) mass is 504 g/mol. The number of nitrogens with one attached hydrogen (secondary N) is 1. The van der Waals surface area contributed by atoms with Gasteiger partial charge in [-0.1, -0.05) is 56.3 Å². The molecule has 196 valence electrons. The number of nitrogens with zero attached hydrogens (tertiary/aromatic N) is 2. The summed E-state index contributed by atoms with van der Waals surface area (Å²) in [6.07, 6.45) is 0.979. The van der Waals surface area contributed by atoms with Crippen LogP contribution in [-0.4, -0.2) is 64.5 Å². The molecule has 8 heteroatoms. The van der Waals surface area contributed by atoms with Crippen molar-refractivity contribution >= 4 is 23.5 Å². The second-order valence-electron chi connectivity index (χ2n) is 10.5. The van der Waals surface area contributed by atoms with Crippen LogP contribution in [0.25, 0.3) is 0 Å². The minimum atomic E-state index is -0.770. The first kappa shape index (κ1) is 26.5. The number of rotatable bonds is 8. The van der Waals surface area contributed by atoms with E-state index >= 15 is 0 Å². The predicted octanol–water partition coefficient (Wildman–Crippen LogP) is 2.47. The van der Waals surface area contributed by atoms with Gasteiger partial charge in [-0.15, -0.1) is 0 Å². The fraction of sp³-hybridized carbons (Fsp3) is 0.448. The highest BCUT2D eigenvalue weighted by atomic mass is 16.2. The van der Waals surface area contributed by atoms with Gasteiger partial charge in [0.25, 0.3) is 5.91 Å². The maximum absolute atomic E-state index is 13.7. The number of benzene rings is 2. The standard InChI is InChI=1S/C29H36N4O4/c1-18(2)14-23(31-27(35)22-11-7-8-20(15-22)16-30)29(37)32-13-12-24-26(32)25(34)17-33(24)28(36)19(3)21-9-5-4-6-10-21/h4-11,15,18-19,23-24,26H,12-14,16-17,30H2,1-3H3,(H,31,35)/t19-,23-,24?,26?/m0/s1. The van der Waals surface area contributed by atoms with Crippen LogP contribution in [0.1, 0.15) is 61.0 Å². The van der Waals surface area contributed by atoms with Crippen molar-refractivity contribution < 1.29 is 19.2 Å². The van der Waals surface area contributed by atoms with Gasteiger partial charge in [0, 0.05) is 18.7 Å². The molecule has 0 spiro atoms. The van der Waals surface area contributed by atoms with E-state index in [1.54, 1.807) is 28.0 Å². The van der Waals surface area contributed by atoms with Gasteiger partial charge in [0.05, 0.1) is 18.5 Å². The number of fused-ring (bicyclic) bond motifs is 1. The Morgan fingerprint density at radius 2 is 1.73 bits per heavy atom. The van der Waals surface area contributed by atoms with E-state index < -0.39 is 12.1 Å². The number of ketones is 1. The second kappa shape index (κ2) is 11.3. The fourth-order valence-corrected chi connectivity index (χ4v) is 5.47. The third kappa shape index (κ3) is 5.59. The van der Waals surface area contributed by atoms with Crippen molar-refractivity contribution in [3.05, 3.63) is 71.3 Å². The first-order valence-corrected chi connectivity index (χ1v) is 13.0. The number of hydrogen-bond donors (Lipinski definition) is 2. The lowest BCUT2D eigenvalue weighted by Crippen LogP contribution is -2.53. The van der Waals surface area contributed by atoms with E-state index in [2.05, 4.69) is 5.32 Å². The van der Waals surface area contributed by atoms with Gasteiger partial charge in [-0.05, 0) is 48.9 Å². The quantitative estimate of drug-likeness (QED) is 0.574. The third-order valence-electron chi connectivity index (χ3n) is 7.39. The summed E-state index contributed by atoms with van der Waals surface area (Å²) in [6, 6.07) is 14.7. The van der Waals surface area contributed by atoms with Crippen LogP contribution >= 0.6 is 0 Å². The van der Waals surface area contributed by atoms with Gasteiger partial charge in [-0.25, -0.2) is 0 Å². The number of amides is 3. The average molecular weight is 505 g/mol. The van der Waals surface area contributed by atoms with Crippen LogP contribution in [-0.2, 0) is 20.9 Å². The van der Waals surface area contributed by atoms with Crippen LogP contribution in [0.4, 0.5) is 0 Å². The molecule has 37 heavy (non-hydrogen) atoms. The molecule has 2 aliphatic heterocycles. The van der Waals surface area contributed by atoms with Crippen molar-refractivity contribution in [2.75, 3.05) is 13.1 Å². The Balaban J connectivity index is 1.50. The van der Waals surface area contributed by atoms with Crippen molar-refractivity contribution in [3.8, 4) is 0 Å². The third-order valence-corrected chi connectivity index (χ3v) is 7.39. The lowest BCUT2D eigenvalue weighted by atomic mass is 9.99. The van der Waals surface area contributed by atoms with Gasteiger partial charge in [-0.3, -0.25) is 19.2 Å². The van der Waals surface area contributed by atoms with Gasteiger partial charge >= 0.3 is 0 Å². The van der Waals surface area contributed by atoms with E-state index in [-0.39, 0.29) is 47.9 Å². The van der Waals surface area contributed by atoms with E-state index in [1.165, 1.54) is 0 Å². The van der Waals surface area contributed by atoms with Crippen molar-refractivity contribution in [1.29, 1.82) is 0 Å². The number of nitrogens with two attached hydrogens (primary N) is 1. The summed E-state index contributed by atoms with van der Waals surface area (Å²) in [5, 5.41) is 2.90. The molecule has 2 aliphatic rings. The molecule has 8 nitrogen and oxygen atoms in total. The second-order valence-corrected chi connectivity index (χ2v) is 10.5.